The van der Waals surface area contributed by atoms with E-state index in [2.05, 4.69) is 21.2 Å². The molecule has 0 aliphatic carbocycles. The Morgan fingerprint density at radius 2 is 2.05 bits per heavy atom. The van der Waals surface area contributed by atoms with Crippen molar-refractivity contribution in [1.29, 1.82) is 0 Å². The molecule has 120 valence electrons. The fraction of sp³-hybridized carbons (Fsp3) is 0.467. The second-order valence-corrected chi connectivity index (χ2v) is 6.35. The Bertz CT molecular complexity index is 574. The number of aliphatic carboxylic acids is 1. The van der Waals surface area contributed by atoms with Crippen LogP contribution in [0.4, 0.5) is 9.18 Å². The van der Waals surface area contributed by atoms with E-state index in [0.29, 0.717) is 36.0 Å². The predicted molar refractivity (Wildman–Crippen MR) is 83.0 cm³/mol. The predicted octanol–water partition coefficient (Wildman–Crippen LogP) is 3.16. The Balaban J connectivity index is 1.93. The zero-order chi connectivity index (χ0) is 16.3. The first-order valence-electron chi connectivity index (χ1n) is 7.11. The number of likely N-dealkylation sites (tertiary alicyclic amines) is 1. The highest BCUT2D eigenvalue weighted by Crippen LogP contribution is 2.22. The largest absolute Gasteiger partial charge is 0.481 e. The zero-order valence-electron chi connectivity index (χ0n) is 12.2. The summed E-state index contributed by atoms with van der Waals surface area (Å²) in [6.45, 7) is 2.52. The monoisotopic (exact) mass is 372 g/mol. The molecule has 7 heteroatoms. The van der Waals surface area contributed by atoms with Crippen molar-refractivity contribution in [2.45, 2.75) is 25.8 Å². The molecule has 2 N–H and O–H groups in total. The van der Waals surface area contributed by atoms with Gasteiger partial charge < -0.3 is 15.3 Å². The van der Waals surface area contributed by atoms with Crippen LogP contribution in [0.25, 0.3) is 0 Å². The van der Waals surface area contributed by atoms with Gasteiger partial charge in [0.25, 0.3) is 0 Å². The lowest BCUT2D eigenvalue weighted by atomic mass is 9.97. The molecule has 0 spiro atoms. The van der Waals surface area contributed by atoms with Gasteiger partial charge in [-0.1, -0.05) is 22.0 Å². The number of nitrogens with one attached hydrogen (secondary N) is 1. The molecule has 0 unspecified atom stereocenters. The number of carbonyl (C=O) groups is 2. The number of benzene rings is 1. The third-order valence-electron chi connectivity index (χ3n) is 3.90. The summed E-state index contributed by atoms with van der Waals surface area (Å²) >= 11 is 3.19. The summed E-state index contributed by atoms with van der Waals surface area (Å²) in [6.07, 6.45) is 0.896. The van der Waals surface area contributed by atoms with Crippen LogP contribution in [0.3, 0.4) is 0 Å². The third kappa shape index (κ3) is 3.97. The van der Waals surface area contributed by atoms with Crippen LogP contribution in [-0.4, -0.2) is 35.1 Å². The Morgan fingerprint density at radius 1 is 1.41 bits per heavy atom. The number of amides is 2. The van der Waals surface area contributed by atoms with E-state index in [9.17, 15) is 14.0 Å². The van der Waals surface area contributed by atoms with E-state index >= 15 is 0 Å². The topological polar surface area (TPSA) is 69.6 Å². The van der Waals surface area contributed by atoms with E-state index in [1.165, 1.54) is 6.07 Å². The lowest BCUT2D eigenvalue weighted by Gasteiger charge is -2.31. The van der Waals surface area contributed by atoms with Crippen LogP contribution in [0, 0.1) is 11.7 Å². The SMILES string of the molecule is C[C@H](NC(=O)N1CCC(C(=O)O)CC1)c1ccc(Br)cc1F. The number of piperidine rings is 1. The van der Waals surface area contributed by atoms with E-state index in [0.717, 1.165) is 0 Å². The van der Waals surface area contributed by atoms with Crippen molar-refractivity contribution < 1.29 is 19.1 Å². The van der Waals surface area contributed by atoms with Crippen molar-refractivity contribution in [3.8, 4) is 0 Å². The van der Waals surface area contributed by atoms with E-state index in [1.807, 2.05) is 0 Å². The van der Waals surface area contributed by atoms with Crippen molar-refractivity contribution in [3.63, 3.8) is 0 Å². The minimum Gasteiger partial charge on any atom is -0.481 e. The van der Waals surface area contributed by atoms with E-state index in [4.69, 9.17) is 5.11 Å². The Hall–Kier alpha value is -1.63. The van der Waals surface area contributed by atoms with Gasteiger partial charge in [0.1, 0.15) is 5.82 Å². The van der Waals surface area contributed by atoms with E-state index < -0.39 is 12.0 Å². The first-order valence-corrected chi connectivity index (χ1v) is 7.91. The number of hydrogen-bond acceptors (Lipinski definition) is 2. The van der Waals surface area contributed by atoms with Gasteiger partial charge in [-0.15, -0.1) is 0 Å². The highest BCUT2D eigenvalue weighted by Gasteiger charge is 2.27. The molecular formula is C15H18BrFN2O3. The smallest absolute Gasteiger partial charge is 0.317 e. The molecule has 5 nitrogen and oxygen atoms in total. The second kappa shape index (κ2) is 7.09. The molecule has 2 amide bonds. The fourth-order valence-corrected chi connectivity index (χ4v) is 2.87. The molecule has 0 bridgehead atoms. The first kappa shape index (κ1) is 16.7. The standard InChI is InChI=1S/C15H18BrFN2O3/c1-9(12-3-2-11(16)8-13(12)17)18-15(22)19-6-4-10(5-7-19)14(20)21/h2-3,8-10H,4-7H2,1H3,(H,18,22)(H,20,21)/t9-/m0/s1. The van der Waals surface area contributed by atoms with Crippen molar-refractivity contribution in [1.82, 2.24) is 10.2 Å². The number of carboxylic acids is 1. The first-order chi connectivity index (χ1) is 10.4. The second-order valence-electron chi connectivity index (χ2n) is 5.44. The fourth-order valence-electron chi connectivity index (χ4n) is 2.54. The lowest BCUT2D eigenvalue weighted by molar-refractivity contribution is -0.143. The number of rotatable bonds is 3. The van der Waals surface area contributed by atoms with Crippen molar-refractivity contribution in [2.24, 2.45) is 5.92 Å². The number of carbonyl (C=O) groups excluding carboxylic acids is 1. The van der Waals surface area contributed by atoms with Crippen molar-refractivity contribution in [2.75, 3.05) is 13.1 Å². The summed E-state index contributed by atoms with van der Waals surface area (Å²) in [5, 5.41) is 11.7. The van der Waals surface area contributed by atoms with Crippen LogP contribution in [-0.2, 0) is 4.79 Å². The molecule has 2 rings (SSSR count). The molecule has 1 heterocycles. The van der Waals surface area contributed by atoms with Crippen LogP contribution in [0.1, 0.15) is 31.4 Å². The van der Waals surface area contributed by atoms with Gasteiger partial charge in [0.15, 0.2) is 0 Å². The summed E-state index contributed by atoms with van der Waals surface area (Å²) < 4.78 is 14.5. The van der Waals surface area contributed by atoms with Crippen LogP contribution in [0.5, 0.6) is 0 Å². The highest BCUT2D eigenvalue weighted by molar-refractivity contribution is 9.10. The average molecular weight is 373 g/mol. The summed E-state index contributed by atoms with van der Waals surface area (Å²) in [7, 11) is 0. The third-order valence-corrected chi connectivity index (χ3v) is 4.39. The Labute approximate surface area is 136 Å². The van der Waals surface area contributed by atoms with Crippen molar-refractivity contribution in [3.05, 3.63) is 34.1 Å². The van der Waals surface area contributed by atoms with Crippen LogP contribution in [0.15, 0.2) is 22.7 Å². The molecule has 22 heavy (non-hydrogen) atoms. The molecule has 0 aromatic heterocycles. The quantitative estimate of drug-likeness (QED) is 0.855. The zero-order valence-corrected chi connectivity index (χ0v) is 13.8. The maximum atomic E-state index is 13.9. The molecule has 1 aliphatic rings. The summed E-state index contributed by atoms with van der Waals surface area (Å²) in [4.78, 5) is 24.6. The molecule has 1 saturated heterocycles. The molecule has 1 aromatic rings. The number of hydrogen-bond donors (Lipinski definition) is 2. The van der Waals surface area contributed by atoms with Gasteiger partial charge in [0.05, 0.1) is 12.0 Å². The molecule has 0 saturated carbocycles. The van der Waals surface area contributed by atoms with Crippen LogP contribution in [0.2, 0.25) is 0 Å². The highest BCUT2D eigenvalue weighted by atomic mass is 79.9. The van der Waals surface area contributed by atoms with Crippen LogP contribution < -0.4 is 5.32 Å². The summed E-state index contributed by atoms with van der Waals surface area (Å²) in [5.41, 5.74) is 0.414. The maximum absolute atomic E-state index is 13.9. The minimum atomic E-state index is -0.814. The van der Waals surface area contributed by atoms with Gasteiger partial charge in [-0.25, -0.2) is 9.18 Å². The van der Waals surface area contributed by atoms with Gasteiger partial charge in [0, 0.05) is 23.1 Å². The Morgan fingerprint density at radius 3 is 2.59 bits per heavy atom. The van der Waals surface area contributed by atoms with Gasteiger partial charge in [-0.3, -0.25) is 4.79 Å². The molecule has 1 aliphatic heterocycles. The molecule has 1 aromatic carbocycles. The number of urea groups is 1. The number of halogens is 2. The number of nitrogens with zero attached hydrogens (tertiary/aromatic N) is 1. The van der Waals surface area contributed by atoms with Gasteiger partial charge in [-0.05, 0) is 31.9 Å². The maximum Gasteiger partial charge on any atom is 0.317 e. The summed E-state index contributed by atoms with van der Waals surface area (Å²) in [6, 6.07) is 3.95. The summed E-state index contributed by atoms with van der Waals surface area (Å²) in [5.74, 6) is -1.58. The van der Waals surface area contributed by atoms with E-state index in [-0.39, 0.29) is 17.8 Å². The minimum absolute atomic E-state index is 0.293. The van der Waals surface area contributed by atoms with Crippen LogP contribution >= 0.6 is 15.9 Å². The van der Waals surface area contributed by atoms with Gasteiger partial charge in [0.2, 0.25) is 0 Å². The Kier molecular flexibility index (Phi) is 5.39. The molecule has 1 fully saturated rings. The van der Waals surface area contributed by atoms with Gasteiger partial charge >= 0.3 is 12.0 Å². The van der Waals surface area contributed by atoms with E-state index in [1.54, 1.807) is 24.0 Å². The number of carboxylic acid groups (broad SMARTS) is 1. The van der Waals surface area contributed by atoms with Gasteiger partial charge in [-0.2, -0.15) is 0 Å². The average Bonchev–Trinajstić information content (AvgIpc) is 2.47. The van der Waals surface area contributed by atoms with Crippen molar-refractivity contribution >= 4 is 27.9 Å². The normalized spacial score (nSPS) is 17.1. The molecule has 0 radical (unpaired) electrons. The molecular weight excluding hydrogens is 355 g/mol. The lowest BCUT2D eigenvalue weighted by Crippen LogP contribution is -2.46. The molecule has 1 atom stereocenters.